The summed E-state index contributed by atoms with van der Waals surface area (Å²) in [5.74, 6) is -1.13. The molecule has 0 aliphatic rings. The summed E-state index contributed by atoms with van der Waals surface area (Å²) in [7, 11) is 0. The van der Waals surface area contributed by atoms with Crippen molar-refractivity contribution in [1.82, 2.24) is 16.2 Å². The molecule has 0 aliphatic heterocycles. The zero-order valence-electron chi connectivity index (χ0n) is 17.5. The molecular weight excluding hydrogens is 429 g/mol. The summed E-state index contributed by atoms with van der Waals surface area (Å²) in [6.07, 6.45) is 0. The third-order valence-corrected chi connectivity index (χ3v) is 4.30. The molecule has 0 aromatic heterocycles. The summed E-state index contributed by atoms with van der Waals surface area (Å²) >= 11 is 0. The Kier molecular flexibility index (Phi) is 8.35. The lowest BCUT2D eigenvalue weighted by Gasteiger charge is -2.10. The van der Waals surface area contributed by atoms with Crippen LogP contribution in [-0.2, 0) is 16.2 Å². The molecule has 0 fully saturated rings. The van der Waals surface area contributed by atoms with Gasteiger partial charge in [0.2, 0.25) is 0 Å². The Morgan fingerprint density at radius 3 is 2.00 bits per heavy atom. The smallest absolute Gasteiger partial charge is 0.276 e. The van der Waals surface area contributed by atoms with E-state index in [1.54, 1.807) is 24.3 Å². The average Bonchev–Trinajstić information content (AvgIpc) is 2.85. The third-order valence-electron chi connectivity index (χ3n) is 4.30. The van der Waals surface area contributed by atoms with Crippen molar-refractivity contribution in [3.8, 4) is 11.5 Å². The fourth-order valence-corrected chi connectivity index (χ4v) is 2.61. The van der Waals surface area contributed by atoms with Crippen LogP contribution in [0, 0.1) is 5.82 Å². The largest absolute Gasteiger partial charge is 0.489 e. The molecule has 3 rings (SSSR count). The molecular formula is C24H22FN3O5. The van der Waals surface area contributed by atoms with E-state index in [9.17, 15) is 18.8 Å². The van der Waals surface area contributed by atoms with Crippen LogP contribution in [0.1, 0.15) is 15.9 Å². The van der Waals surface area contributed by atoms with Gasteiger partial charge in [-0.25, -0.2) is 4.39 Å². The predicted octanol–water partition coefficient (Wildman–Crippen LogP) is 2.36. The molecule has 0 unspecified atom stereocenters. The predicted molar refractivity (Wildman–Crippen MR) is 118 cm³/mol. The van der Waals surface area contributed by atoms with E-state index >= 15 is 0 Å². The maximum atomic E-state index is 12.9. The summed E-state index contributed by atoms with van der Waals surface area (Å²) in [5, 5.41) is 2.36. The zero-order valence-corrected chi connectivity index (χ0v) is 17.5. The molecule has 0 saturated carbocycles. The third kappa shape index (κ3) is 7.98. The Morgan fingerprint density at radius 2 is 1.33 bits per heavy atom. The van der Waals surface area contributed by atoms with E-state index in [0.717, 1.165) is 17.7 Å². The maximum absolute atomic E-state index is 12.9. The van der Waals surface area contributed by atoms with Gasteiger partial charge in [-0.1, -0.05) is 30.3 Å². The summed E-state index contributed by atoms with van der Waals surface area (Å²) in [5.41, 5.74) is 5.60. The molecule has 8 nitrogen and oxygen atoms in total. The minimum atomic E-state index is -0.640. The van der Waals surface area contributed by atoms with E-state index in [-0.39, 0.29) is 18.7 Å². The van der Waals surface area contributed by atoms with Crippen LogP contribution in [0.15, 0.2) is 78.9 Å². The molecule has 3 amide bonds. The lowest BCUT2D eigenvalue weighted by Crippen LogP contribution is -2.47. The number of halogens is 1. The number of amides is 3. The standard InChI is InChI=1S/C24H22FN3O5/c25-19-8-6-18(7-9-19)24(31)26-14-22(29)27-28-23(30)16-33-21-12-10-20(11-13-21)32-15-17-4-2-1-3-5-17/h1-13H,14-16H2,(H,26,31)(H,27,29)(H,28,30). The Balaban J connectivity index is 1.32. The van der Waals surface area contributed by atoms with Crippen LogP contribution in [0.2, 0.25) is 0 Å². The topological polar surface area (TPSA) is 106 Å². The summed E-state index contributed by atoms with van der Waals surface area (Å²) in [6.45, 7) is -0.262. The number of rotatable bonds is 9. The highest BCUT2D eigenvalue weighted by atomic mass is 19.1. The molecule has 33 heavy (non-hydrogen) atoms. The van der Waals surface area contributed by atoms with Gasteiger partial charge in [0, 0.05) is 5.56 Å². The summed E-state index contributed by atoms with van der Waals surface area (Å²) < 4.78 is 23.9. The number of benzene rings is 3. The molecule has 0 heterocycles. The highest BCUT2D eigenvalue weighted by Gasteiger charge is 2.09. The highest BCUT2D eigenvalue weighted by molar-refractivity contribution is 5.96. The first-order valence-corrected chi connectivity index (χ1v) is 10.0. The van der Waals surface area contributed by atoms with Gasteiger partial charge >= 0.3 is 0 Å². The van der Waals surface area contributed by atoms with Gasteiger partial charge in [0.25, 0.3) is 17.7 Å². The van der Waals surface area contributed by atoms with Gasteiger partial charge in [0.05, 0.1) is 6.54 Å². The van der Waals surface area contributed by atoms with Crippen molar-refractivity contribution in [2.75, 3.05) is 13.2 Å². The molecule has 3 aromatic rings. The van der Waals surface area contributed by atoms with Crippen molar-refractivity contribution in [3.05, 3.63) is 95.8 Å². The average molecular weight is 451 g/mol. The van der Waals surface area contributed by atoms with Crippen molar-refractivity contribution in [3.63, 3.8) is 0 Å². The van der Waals surface area contributed by atoms with Crippen molar-refractivity contribution >= 4 is 17.7 Å². The number of carbonyl (C=O) groups excluding carboxylic acids is 3. The Hall–Kier alpha value is -4.40. The van der Waals surface area contributed by atoms with Crippen LogP contribution >= 0.6 is 0 Å². The van der Waals surface area contributed by atoms with Crippen LogP contribution < -0.4 is 25.6 Å². The minimum Gasteiger partial charge on any atom is -0.489 e. The first-order valence-electron chi connectivity index (χ1n) is 10.0. The van der Waals surface area contributed by atoms with Gasteiger partial charge in [-0.15, -0.1) is 0 Å². The van der Waals surface area contributed by atoms with Gasteiger partial charge in [0.15, 0.2) is 6.61 Å². The zero-order chi connectivity index (χ0) is 23.5. The number of hydrazine groups is 1. The van der Waals surface area contributed by atoms with E-state index in [0.29, 0.717) is 18.1 Å². The second kappa shape index (κ2) is 11.8. The van der Waals surface area contributed by atoms with Crippen molar-refractivity contribution in [2.24, 2.45) is 0 Å². The summed E-state index contributed by atoms with van der Waals surface area (Å²) in [4.78, 5) is 35.5. The lowest BCUT2D eigenvalue weighted by molar-refractivity contribution is -0.129. The first kappa shape index (κ1) is 23.3. The van der Waals surface area contributed by atoms with Gasteiger partial charge < -0.3 is 14.8 Å². The normalized spacial score (nSPS) is 10.1. The highest BCUT2D eigenvalue weighted by Crippen LogP contribution is 2.18. The van der Waals surface area contributed by atoms with E-state index < -0.39 is 23.5 Å². The monoisotopic (exact) mass is 451 g/mol. The number of carbonyl (C=O) groups is 3. The van der Waals surface area contributed by atoms with E-state index in [1.165, 1.54) is 12.1 Å². The molecule has 0 spiro atoms. The van der Waals surface area contributed by atoms with Gasteiger partial charge in [-0.05, 0) is 54.1 Å². The lowest BCUT2D eigenvalue weighted by atomic mass is 10.2. The Morgan fingerprint density at radius 1 is 0.727 bits per heavy atom. The maximum Gasteiger partial charge on any atom is 0.276 e. The molecule has 3 aromatic carbocycles. The van der Waals surface area contributed by atoms with E-state index in [1.807, 2.05) is 30.3 Å². The molecule has 0 atom stereocenters. The fraction of sp³-hybridized carbons (Fsp3) is 0.125. The Bertz CT molecular complexity index is 1070. The fourth-order valence-electron chi connectivity index (χ4n) is 2.61. The SMILES string of the molecule is O=C(CNC(=O)c1ccc(F)cc1)NNC(=O)COc1ccc(OCc2ccccc2)cc1. The van der Waals surface area contributed by atoms with Crippen LogP contribution in [-0.4, -0.2) is 30.9 Å². The second-order valence-corrected chi connectivity index (χ2v) is 6.82. The van der Waals surface area contributed by atoms with E-state index in [4.69, 9.17) is 9.47 Å². The van der Waals surface area contributed by atoms with Gasteiger partial charge in [-0.3, -0.25) is 25.2 Å². The van der Waals surface area contributed by atoms with Crippen molar-refractivity contribution in [1.29, 1.82) is 0 Å². The van der Waals surface area contributed by atoms with E-state index in [2.05, 4.69) is 16.2 Å². The second-order valence-electron chi connectivity index (χ2n) is 6.82. The molecule has 170 valence electrons. The first-order chi connectivity index (χ1) is 16.0. The molecule has 9 heteroatoms. The van der Waals surface area contributed by atoms with Crippen molar-refractivity contribution in [2.45, 2.75) is 6.61 Å². The molecule has 0 radical (unpaired) electrons. The van der Waals surface area contributed by atoms with Crippen LogP contribution in [0.5, 0.6) is 11.5 Å². The molecule has 0 aliphatic carbocycles. The summed E-state index contributed by atoms with van der Waals surface area (Å²) in [6, 6.07) is 21.4. The quantitative estimate of drug-likeness (QED) is 0.433. The number of hydrogen-bond acceptors (Lipinski definition) is 5. The van der Waals surface area contributed by atoms with Crippen molar-refractivity contribution < 1.29 is 28.2 Å². The molecule has 0 bridgehead atoms. The van der Waals surface area contributed by atoms with Crippen LogP contribution in [0.3, 0.4) is 0 Å². The van der Waals surface area contributed by atoms with Crippen LogP contribution in [0.4, 0.5) is 4.39 Å². The van der Waals surface area contributed by atoms with Gasteiger partial charge in [0.1, 0.15) is 23.9 Å². The number of nitrogens with one attached hydrogen (secondary N) is 3. The molecule has 3 N–H and O–H groups in total. The number of hydrogen-bond donors (Lipinski definition) is 3. The Labute approximate surface area is 189 Å². The molecule has 0 saturated heterocycles. The minimum absolute atomic E-state index is 0.207. The van der Waals surface area contributed by atoms with Gasteiger partial charge in [-0.2, -0.15) is 0 Å². The number of ether oxygens (including phenoxy) is 2. The van der Waals surface area contributed by atoms with Crippen LogP contribution in [0.25, 0.3) is 0 Å².